The van der Waals surface area contributed by atoms with Crippen LogP contribution in [0.1, 0.15) is 79.1 Å². The van der Waals surface area contributed by atoms with E-state index in [2.05, 4.69) is 41.8 Å². The molecule has 0 fully saturated rings. The third-order valence-electron chi connectivity index (χ3n) is 6.49. The monoisotopic (exact) mass is 374 g/mol. The number of rotatable bonds is 19. The molecule has 0 aliphatic carbocycles. The van der Waals surface area contributed by atoms with Crippen LogP contribution in [0, 0.1) is 0 Å². The Morgan fingerprint density at radius 1 is 0.462 bits per heavy atom. The maximum atomic E-state index is 5.31. The quantitative estimate of drug-likeness (QED) is 0.137. The summed E-state index contributed by atoms with van der Waals surface area (Å²) in [6.07, 6.45) is 10.0. The molecule has 0 saturated heterocycles. The van der Waals surface area contributed by atoms with Crippen LogP contribution in [-0.4, -0.2) is 75.5 Å². The fraction of sp³-hybridized carbons (Fsp3) is 1.00. The van der Waals surface area contributed by atoms with Gasteiger partial charge in [-0.05, 0) is 66.2 Å². The van der Waals surface area contributed by atoms with Gasteiger partial charge in [0, 0.05) is 0 Å². The van der Waals surface area contributed by atoms with Gasteiger partial charge in [-0.3, -0.25) is 0 Å². The molecule has 0 heterocycles. The minimum absolute atomic E-state index is 0.747. The normalized spacial score (nSPS) is 12.7. The highest BCUT2D eigenvalue weighted by Gasteiger charge is 2.15. The third kappa shape index (κ3) is 13.1. The van der Waals surface area contributed by atoms with E-state index < -0.39 is 0 Å². The van der Waals surface area contributed by atoms with Crippen LogP contribution in [-0.2, 0) is 9.78 Å². The number of quaternary nitrogens is 2. The summed E-state index contributed by atoms with van der Waals surface area (Å²) in [5.74, 6) is 0. The second-order valence-electron chi connectivity index (χ2n) is 8.42. The minimum Gasteiger partial charge on any atom is -0.327 e. The molecule has 0 aliphatic rings. The Morgan fingerprint density at radius 3 is 1.08 bits per heavy atom. The van der Waals surface area contributed by atoms with E-state index in [1.165, 1.54) is 86.8 Å². The van der Waals surface area contributed by atoms with Crippen molar-refractivity contribution in [3.05, 3.63) is 0 Å². The Bertz CT molecular complexity index is 273. The Kier molecular flexibility index (Phi) is 15.8. The van der Waals surface area contributed by atoms with Gasteiger partial charge < -0.3 is 8.97 Å². The zero-order valence-corrected chi connectivity index (χ0v) is 19.0. The summed E-state index contributed by atoms with van der Waals surface area (Å²) in [7, 11) is 4.73. The zero-order valence-electron chi connectivity index (χ0n) is 19.0. The van der Waals surface area contributed by atoms with E-state index in [-0.39, 0.29) is 0 Å². The molecule has 0 aromatic carbocycles. The average Bonchev–Trinajstić information content (AvgIpc) is 2.67. The summed E-state index contributed by atoms with van der Waals surface area (Å²) in [4.78, 5) is 10.6. The molecule has 4 nitrogen and oxygen atoms in total. The number of hydrogen-bond donors (Lipinski definition) is 0. The molecule has 0 saturated carbocycles. The lowest BCUT2D eigenvalue weighted by Crippen LogP contribution is -2.44. The van der Waals surface area contributed by atoms with Crippen LogP contribution in [0.2, 0.25) is 0 Å². The standard InChI is InChI=1S/C22H50N2O2/c1-7-23(5,8-2)19-15-11-13-17-21-25-26-22-18-14-12-16-20-24(6,9-3)10-4/h7-22H2,1-6H3/q+2. The van der Waals surface area contributed by atoms with Crippen LogP contribution in [0.5, 0.6) is 0 Å². The van der Waals surface area contributed by atoms with Crippen LogP contribution in [0.15, 0.2) is 0 Å². The van der Waals surface area contributed by atoms with Gasteiger partial charge in [-0.15, -0.1) is 0 Å². The molecule has 0 spiro atoms. The van der Waals surface area contributed by atoms with Gasteiger partial charge in [-0.1, -0.05) is 12.8 Å². The fourth-order valence-electron chi connectivity index (χ4n) is 3.21. The van der Waals surface area contributed by atoms with Crippen LogP contribution in [0.25, 0.3) is 0 Å². The number of hydrogen-bond acceptors (Lipinski definition) is 2. The second-order valence-corrected chi connectivity index (χ2v) is 8.42. The van der Waals surface area contributed by atoms with Gasteiger partial charge in [0.15, 0.2) is 0 Å². The average molecular weight is 375 g/mol. The summed E-state index contributed by atoms with van der Waals surface area (Å²) in [5.41, 5.74) is 0. The van der Waals surface area contributed by atoms with Crippen LogP contribution < -0.4 is 0 Å². The van der Waals surface area contributed by atoms with E-state index in [1.807, 2.05) is 0 Å². The van der Waals surface area contributed by atoms with E-state index in [4.69, 9.17) is 9.78 Å². The van der Waals surface area contributed by atoms with E-state index in [1.54, 1.807) is 0 Å². The van der Waals surface area contributed by atoms with Gasteiger partial charge in [0.25, 0.3) is 0 Å². The summed E-state index contributed by atoms with van der Waals surface area (Å²) in [6, 6.07) is 0. The molecule has 0 N–H and O–H groups in total. The molecule has 0 amide bonds. The molecule has 0 radical (unpaired) electrons. The minimum atomic E-state index is 0.747. The van der Waals surface area contributed by atoms with Crippen molar-refractivity contribution < 1.29 is 18.7 Å². The largest absolute Gasteiger partial charge is 0.327 e. The predicted octanol–water partition coefficient (Wildman–Crippen LogP) is 5.03. The maximum Gasteiger partial charge on any atom is 0.0822 e. The Balaban J connectivity index is 3.30. The van der Waals surface area contributed by atoms with Crippen molar-refractivity contribution in [3.63, 3.8) is 0 Å². The first-order valence-corrected chi connectivity index (χ1v) is 11.4. The van der Waals surface area contributed by atoms with E-state index in [0.717, 1.165) is 26.1 Å². The Hall–Kier alpha value is -0.160. The van der Waals surface area contributed by atoms with Gasteiger partial charge in [-0.2, -0.15) is 0 Å². The van der Waals surface area contributed by atoms with Crippen molar-refractivity contribution in [2.45, 2.75) is 79.1 Å². The number of unbranched alkanes of at least 4 members (excludes halogenated alkanes) is 6. The van der Waals surface area contributed by atoms with Gasteiger partial charge >= 0.3 is 0 Å². The third-order valence-corrected chi connectivity index (χ3v) is 6.49. The molecule has 0 aliphatic heterocycles. The molecule has 0 bridgehead atoms. The molecule has 158 valence electrons. The summed E-state index contributed by atoms with van der Waals surface area (Å²) >= 11 is 0. The molecular formula is C22H50N2O2+2. The molecule has 0 rings (SSSR count). The van der Waals surface area contributed by atoms with Crippen molar-refractivity contribution in [2.75, 3.05) is 66.6 Å². The fourth-order valence-corrected chi connectivity index (χ4v) is 3.21. The summed E-state index contributed by atoms with van der Waals surface area (Å²) < 4.78 is 2.41. The van der Waals surface area contributed by atoms with E-state index in [0.29, 0.717) is 0 Å². The zero-order chi connectivity index (χ0) is 19.7. The summed E-state index contributed by atoms with van der Waals surface area (Å²) in [6.45, 7) is 18.2. The molecule has 0 aromatic heterocycles. The first-order valence-electron chi connectivity index (χ1n) is 11.4. The first-order chi connectivity index (χ1) is 12.4. The van der Waals surface area contributed by atoms with Crippen molar-refractivity contribution in [1.82, 2.24) is 0 Å². The second kappa shape index (κ2) is 15.9. The van der Waals surface area contributed by atoms with Gasteiger partial charge in [0.05, 0.1) is 66.6 Å². The van der Waals surface area contributed by atoms with Crippen molar-refractivity contribution in [1.29, 1.82) is 0 Å². The van der Waals surface area contributed by atoms with Crippen molar-refractivity contribution in [2.24, 2.45) is 0 Å². The molecule has 26 heavy (non-hydrogen) atoms. The Morgan fingerprint density at radius 2 is 0.769 bits per heavy atom. The summed E-state index contributed by atoms with van der Waals surface area (Å²) in [5, 5.41) is 0. The highest BCUT2D eigenvalue weighted by molar-refractivity contribution is 4.45. The van der Waals surface area contributed by atoms with E-state index >= 15 is 0 Å². The van der Waals surface area contributed by atoms with Crippen molar-refractivity contribution in [3.8, 4) is 0 Å². The smallest absolute Gasteiger partial charge is 0.0822 e. The first kappa shape index (κ1) is 25.8. The molecular weight excluding hydrogens is 324 g/mol. The molecule has 0 atom stereocenters. The van der Waals surface area contributed by atoms with Crippen LogP contribution >= 0.6 is 0 Å². The lowest BCUT2D eigenvalue weighted by atomic mass is 10.2. The molecule has 0 aromatic rings. The molecule has 0 unspecified atom stereocenters. The highest BCUT2D eigenvalue weighted by Crippen LogP contribution is 2.09. The lowest BCUT2D eigenvalue weighted by Gasteiger charge is -2.32. The SMILES string of the molecule is CC[N+](C)(CC)CCCCCCOOCCCCCC[N+](C)(CC)CC. The highest BCUT2D eigenvalue weighted by atomic mass is 17.2. The van der Waals surface area contributed by atoms with Crippen molar-refractivity contribution >= 4 is 0 Å². The van der Waals surface area contributed by atoms with Crippen LogP contribution in [0.3, 0.4) is 0 Å². The predicted molar refractivity (Wildman–Crippen MR) is 113 cm³/mol. The number of nitrogens with zero attached hydrogens (tertiary/aromatic N) is 2. The van der Waals surface area contributed by atoms with Gasteiger partial charge in [-0.25, -0.2) is 9.78 Å². The van der Waals surface area contributed by atoms with Gasteiger partial charge in [0.2, 0.25) is 0 Å². The topological polar surface area (TPSA) is 18.5 Å². The lowest BCUT2D eigenvalue weighted by molar-refractivity contribution is -0.906. The van der Waals surface area contributed by atoms with Crippen LogP contribution in [0.4, 0.5) is 0 Å². The molecule has 4 heteroatoms. The van der Waals surface area contributed by atoms with E-state index in [9.17, 15) is 0 Å². The Labute approximate surface area is 164 Å². The van der Waals surface area contributed by atoms with Gasteiger partial charge in [0.1, 0.15) is 0 Å². The maximum absolute atomic E-state index is 5.31.